The van der Waals surface area contributed by atoms with Gasteiger partial charge in [-0.1, -0.05) is 0 Å². The van der Waals surface area contributed by atoms with Gasteiger partial charge in [-0.25, -0.2) is 14.2 Å². The molecule has 0 saturated heterocycles. The first kappa shape index (κ1) is 11.4. The number of nitrogens with zero attached hydrogens (tertiary/aromatic N) is 1. The van der Waals surface area contributed by atoms with Crippen molar-refractivity contribution in [1.82, 2.24) is 5.32 Å². The molecule has 2 amide bonds. The van der Waals surface area contributed by atoms with Crippen molar-refractivity contribution in [1.29, 1.82) is 0 Å². The molecular formula is C8H8BrFN4O. The third-order valence-electron chi connectivity index (χ3n) is 1.40. The summed E-state index contributed by atoms with van der Waals surface area (Å²) >= 11 is 2.99. The molecule has 1 aromatic rings. The highest BCUT2D eigenvalue weighted by Crippen LogP contribution is 2.20. The first-order chi connectivity index (χ1) is 6.99. The summed E-state index contributed by atoms with van der Waals surface area (Å²) in [4.78, 5) is 14.1. The molecule has 15 heavy (non-hydrogen) atoms. The van der Waals surface area contributed by atoms with Crippen LogP contribution in [0.5, 0.6) is 0 Å². The van der Waals surface area contributed by atoms with E-state index in [9.17, 15) is 9.18 Å². The van der Waals surface area contributed by atoms with Gasteiger partial charge in [-0.05, 0) is 28.1 Å². The van der Waals surface area contributed by atoms with E-state index in [-0.39, 0.29) is 11.6 Å². The van der Waals surface area contributed by atoms with E-state index in [1.807, 2.05) is 0 Å². The molecule has 0 bridgehead atoms. The summed E-state index contributed by atoms with van der Waals surface area (Å²) in [6, 6.07) is 3.35. The molecule has 1 aromatic carbocycles. The van der Waals surface area contributed by atoms with Crippen molar-refractivity contribution in [3.05, 3.63) is 28.5 Å². The van der Waals surface area contributed by atoms with Crippen molar-refractivity contribution < 1.29 is 9.18 Å². The molecule has 0 spiro atoms. The van der Waals surface area contributed by atoms with Crippen molar-refractivity contribution in [3.8, 4) is 0 Å². The molecular weight excluding hydrogens is 267 g/mol. The maximum Gasteiger partial charge on any atom is 0.318 e. The Bertz CT molecular complexity index is 421. The number of hydrogen-bond donors (Lipinski definition) is 3. The van der Waals surface area contributed by atoms with Gasteiger partial charge in [0.25, 0.3) is 0 Å². The van der Waals surface area contributed by atoms with Crippen molar-refractivity contribution in [3.63, 3.8) is 0 Å². The normalized spacial score (nSPS) is 11.2. The second-order valence-corrected chi connectivity index (χ2v) is 3.44. The standard InChI is InChI=1S/C8H8BrFN4O/c9-5-2-1-4(3-6(5)10)13-7(11)14-8(12)15/h1-3H,(H5,11,12,13,14,15). The van der Waals surface area contributed by atoms with Crippen LogP contribution >= 0.6 is 15.9 Å². The predicted molar refractivity (Wildman–Crippen MR) is 58.1 cm³/mol. The van der Waals surface area contributed by atoms with Crippen LogP contribution in [0.15, 0.2) is 27.7 Å². The number of hydrogen-bond acceptors (Lipinski definition) is 2. The van der Waals surface area contributed by atoms with E-state index in [1.165, 1.54) is 18.2 Å². The fourth-order valence-electron chi connectivity index (χ4n) is 0.848. The summed E-state index contributed by atoms with van der Waals surface area (Å²) in [5.41, 5.74) is 10.4. The molecule has 0 fully saturated rings. The molecule has 80 valence electrons. The second-order valence-electron chi connectivity index (χ2n) is 2.58. The van der Waals surface area contributed by atoms with Crippen LogP contribution < -0.4 is 16.8 Å². The third kappa shape index (κ3) is 3.55. The largest absolute Gasteiger partial charge is 0.369 e. The van der Waals surface area contributed by atoms with Crippen LogP contribution in [0.4, 0.5) is 14.9 Å². The van der Waals surface area contributed by atoms with Crippen LogP contribution in [0.25, 0.3) is 0 Å². The number of benzene rings is 1. The lowest BCUT2D eigenvalue weighted by atomic mass is 10.3. The van der Waals surface area contributed by atoms with Gasteiger partial charge in [0.2, 0.25) is 5.96 Å². The van der Waals surface area contributed by atoms with Gasteiger partial charge in [0.05, 0.1) is 10.2 Å². The van der Waals surface area contributed by atoms with Crippen molar-refractivity contribution in [2.24, 2.45) is 16.5 Å². The molecule has 0 heterocycles. The van der Waals surface area contributed by atoms with Crippen LogP contribution in [0.1, 0.15) is 0 Å². The maximum absolute atomic E-state index is 13.0. The van der Waals surface area contributed by atoms with Gasteiger partial charge >= 0.3 is 6.03 Å². The van der Waals surface area contributed by atoms with Crippen LogP contribution in [0, 0.1) is 5.82 Å². The summed E-state index contributed by atoms with van der Waals surface area (Å²) in [5.74, 6) is -0.660. The van der Waals surface area contributed by atoms with Gasteiger partial charge in [-0.2, -0.15) is 0 Å². The molecule has 0 saturated carbocycles. The van der Waals surface area contributed by atoms with E-state index >= 15 is 0 Å². The number of aliphatic imine (C=N–C) groups is 1. The summed E-state index contributed by atoms with van der Waals surface area (Å²) in [5, 5.41) is 2.06. The SMILES string of the molecule is NC(=O)NC(N)=Nc1ccc(Br)c(F)c1. The summed E-state index contributed by atoms with van der Waals surface area (Å²) in [6.07, 6.45) is 0. The van der Waals surface area contributed by atoms with Crippen LogP contribution in [0.2, 0.25) is 0 Å². The lowest BCUT2D eigenvalue weighted by Gasteiger charge is -2.01. The molecule has 0 unspecified atom stereocenters. The van der Waals surface area contributed by atoms with Crippen molar-refractivity contribution >= 4 is 33.6 Å². The summed E-state index contributed by atoms with van der Waals surface area (Å²) < 4.78 is 13.3. The molecule has 7 heteroatoms. The van der Waals surface area contributed by atoms with Gasteiger partial charge in [0, 0.05) is 6.07 Å². The Morgan fingerprint density at radius 2 is 2.13 bits per heavy atom. The Hall–Kier alpha value is -1.63. The minimum Gasteiger partial charge on any atom is -0.369 e. The first-order valence-corrected chi connectivity index (χ1v) is 4.64. The second kappa shape index (κ2) is 4.74. The van der Waals surface area contributed by atoms with Gasteiger partial charge in [0.15, 0.2) is 0 Å². The van der Waals surface area contributed by atoms with Gasteiger partial charge in [0.1, 0.15) is 5.82 Å². The zero-order chi connectivity index (χ0) is 11.4. The number of halogens is 2. The number of primary amides is 1. The highest BCUT2D eigenvalue weighted by Gasteiger charge is 2.01. The van der Waals surface area contributed by atoms with Gasteiger partial charge in [-0.15, -0.1) is 0 Å². The van der Waals surface area contributed by atoms with E-state index in [1.54, 1.807) is 0 Å². The predicted octanol–water partition coefficient (Wildman–Crippen LogP) is 1.20. The Labute approximate surface area is 93.5 Å². The van der Waals surface area contributed by atoms with Gasteiger partial charge < -0.3 is 11.5 Å². The molecule has 1 rings (SSSR count). The number of nitrogens with one attached hydrogen (secondary N) is 1. The van der Waals surface area contributed by atoms with E-state index in [0.717, 1.165) is 0 Å². The lowest BCUT2D eigenvalue weighted by molar-refractivity contribution is 0.253. The van der Waals surface area contributed by atoms with E-state index in [0.29, 0.717) is 4.47 Å². The first-order valence-electron chi connectivity index (χ1n) is 3.84. The molecule has 0 radical (unpaired) electrons. The Morgan fingerprint density at radius 3 is 2.67 bits per heavy atom. The molecule has 0 aliphatic heterocycles. The van der Waals surface area contributed by atoms with E-state index < -0.39 is 11.8 Å². The molecule has 0 aliphatic carbocycles. The number of carbonyl (C=O) groups is 1. The minimum atomic E-state index is -0.825. The molecule has 5 N–H and O–H groups in total. The van der Waals surface area contributed by atoms with Crippen LogP contribution in [-0.4, -0.2) is 12.0 Å². The van der Waals surface area contributed by atoms with E-state index in [2.05, 4.69) is 26.2 Å². The Balaban J connectivity index is 2.88. The lowest BCUT2D eigenvalue weighted by Crippen LogP contribution is -2.39. The minimum absolute atomic E-state index is 0.191. The Kier molecular flexibility index (Phi) is 3.62. The van der Waals surface area contributed by atoms with Crippen molar-refractivity contribution in [2.75, 3.05) is 0 Å². The number of carbonyl (C=O) groups excluding carboxylic acids is 1. The number of guanidine groups is 1. The average Bonchev–Trinajstić information content (AvgIpc) is 2.10. The molecule has 0 aliphatic rings. The quantitative estimate of drug-likeness (QED) is 0.530. The van der Waals surface area contributed by atoms with Crippen LogP contribution in [0.3, 0.4) is 0 Å². The zero-order valence-electron chi connectivity index (χ0n) is 7.50. The number of nitrogens with two attached hydrogens (primary N) is 2. The Morgan fingerprint density at radius 1 is 1.47 bits per heavy atom. The zero-order valence-corrected chi connectivity index (χ0v) is 9.08. The topological polar surface area (TPSA) is 93.5 Å². The average molecular weight is 275 g/mol. The fraction of sp³-hybridized carbons (Fsp3) is 0. The third-order valence-corrected chi connectivity index (χ3v) is 2.05. The highest BCUT2D eigenvalue weighted by molar-refractivity contribution is 9.10. The maximum atomic E-state index is 13.0. The van der Waals surface area contributed by atoms with E-state index in [4.69, 9.17) is 11.5 Å². The molecule has 5 nitrogen and oxygen atoms in total. The van der Waals surface area contributed by atoms with Crippen molar-refractivity contribution in [2.45, 2.75) is 0 Å². The summed E-state index contributed by atoms with van der Waals surface area (Å²) in [7, 11) is 0. The molecule has 0 aromatic heterocycles. The van der Waals surface area contributed by atoms with Gasteiger partial charge in [-0.3, -0.25) is 5.32 Å². The number of amides is 2. The summed E-state index contributed by atoms with van der Waals surface area (Å²) in [6.45, 7) is 0. The monoisotopic (exact) mass is 274 g/mol. The fourth-order valence-corrected chi connectivity index (χ4v) is 1.09. The number of rotatable bonds is 1. The molecule has 0 atom stereocenters. The van der Waals surface area contributed by atoms with Crippen LogP contribution in [-0.2, 0) is 0 Å². The highest BCUT2D eigenvalue weighted by atomic mass is 79.9. The smallest absolute Gasteiger partial charge is 0.318 e. The number of urea groups is 1.